The van der Waals surface area contributed by atoms with Crippen molar-refractivity contribution in [3.05, 3.63) is 17.5 Å². The number of hydrogen-bond acceptors (Lipinski definition) is 3. The lowest BCUT2D eigenvalue weighted by Crippen LogP contribution is -2.24. The molecule has 0 aromatic carbocycles. The van der Waals surface area contributed by atoms with Gasteiger partial charge in [-0.15, -0.1) is 11.6 Å². The van der Waals surface area contributed by atoms with Gasteiger partial charge in [0.1, 0.15) is 0 Å². The highest BCUT2D eigenvalue weighted by Gasteiger charge is 2.42. The third kappa shape index (κ3) is 1.82. The molecular formula is C10H14ClN3. The molecule has 0 unspecified atom stereocenters. The van der Waals surface area contributed by atoms with Gasteiger partial charge < -0.3 is 5.32 Å². The summed E-state index contributed by atoms with van der Waals surface area (Å²) in [5.74, 6) is 1.33. The molecule has 0 atom stereocenters. The summed E-state index contributed by atoms with van der Waals surface area (Å²) >= 11 is 5.86. The molecule has 1 saturated carbocycles. The van der Waals surface area contributed by atoms with E-state index in [9.17, 15) is 0 Å². The molecule has 14 heavy (non-hydrogen) atoms. The Morgan fingerprint density at radius 1 is 1.50 bits per heavy atom. The highest BCUT2D eigenvalue weighted by atomic mass is 35.5. The zero-order chi connectivity index (χ0) is 10.2. The molecule has 0 amide bonds. The number of anilines is 1. The van der Waals surface area contributed by atoms with Crippen molar-refractivity contribution in [1.82, 2.24) is 9.97 Å². The molecule has 2 rings (SSSR count). The summed E-state index contributed by atoms with van der Waals surface area (Å²) in [6.45, 7) is 4.00. The Kier molecular flexibility index (Phi) is 2.35. The van der Waals surface area contributed by atoms with E-state index in [2.05, 4.69) is 15.3 Å². The maximum atomic E-state index is 5.86. The standard InChI is InChI=1S/C10H14ClN3/c1-7-5-12-9(13-8(7)2)14-10(6-11)3-4-10/h5H,3-4,6H2,1-2H3,(H,12,13,14). The van der Waals surface area contributed by atoms with Gasteiger partial charge in [0, 0.05) is 17.8 Å². The van der Waals surface area contributed by atoms with Gasteiger partial charge in [-0.3, -0.25) is 0 Å². The van der Waals surface area contributed by atoms with Gasteiger partial charge in [-0.1, -0.05) is 0 Å². The van der Waals surface area contributed by atoms with E-state index < -0.39 is 0 Å². The molecule has 1 fully saturated rings. The first-order valence-corrected chi connectivity index (χ1v) is 5.33. The molecule has 0 bridgehead atoms. The first-order valence-electron chi connectivity index (χ1n) is 4.80. The van der Waals surface area contributed by atoms with Gasteiger partial charge in [0.25, 0.3) is 0 Å². The van der Waals surface area contributed by atoms with Crippen LogP contribution in [0.4, 0.5) is 5.95 Å². The number of nitrogens with one attached hydrogen (secondary N) is 1. The molecule has 1 aliphatic rings. The van der Waals surface area contributed by atoms with Crippen LogP contribution in [-0.2, 0) is 0 Å². The van der Waals surface area contributed by atoms with Gasteiger partial charge in [0.05, 0.1) is 5.54 Å². The van der Waals surface area contributed by atoms with Crippen LogP contribution in [0.1, 0.15) is 24.1 Å². The van der Waals surface area contributed by atoms with Crippen LogP contribution in [0.15, 0.2) is 6.20 Å². The first-order chi connectivity index (χ1) is 6.65. The number of nitrogens with zero attached hydrogens (tertiary/aromatic N) is 2. The number of rotatable bonds is 3. The van der Waals surface area contributed by atoms with E-state index >= 15 is 0 Å². The summed E-state index contributed by atoms with van der Waals surface area (Å²) < 4.78 is 0. The molecule has 1 aromatic heterocycles. The molecule has 1 heterocycles. The topological polar surface area (TPSA) is 37.8 Å². The van der Waals surface area contributed by atoms with Crippen molar-refractivity contribution in [3.63, 3.8) is 0 Å². The van der Waals surface area contributed by atoms with Gasteiger partial charge in [-0.2, -0.15) is 0 Å². The van der Waals surface area contributed by atoms with E-state index in [4.69, 9.17) is 11.6 Å². The van der Waals surface area contributed by atoms with Gasteiger partial charge in [0.15, 0.2) is 0 Å². The van der Waals surface area contributed by atoms with E-state index in [0.29, 0.717) is 11.8 Å². The van der Waals surface area contributed by atoms with Gasteiger partial charge in [-0.05, 0) is 32.3 Å². The maximum Gasteiger partial charge on any atom is 0.223 e. The smallest absolute Gasteiger partial charge is 0.223 e. The van der Waals surface area contributed by atoms with E-state index in [1.165, 1.54) is 0 Å². The molecule has 0 saturated heterocycles. The van der Waals surface area contributed by atoms with Crippen molar-refractivity contribution >= 4 is 17.5 Å². The Hall–Kier alpha value is -0.830. The molecule has 1 aromatic rings. The molecule has 4 heteroatoms. The number of aryl methyl sites for hydroxylation is 2. The van der Waals surface area contributed by atoms with E-state index in [1.807, 2.05) is 20.0 Å². The van der Waals surface area contributed by atoms with E-state index in [0.717, 1.165) is 24.1 Å². The monoisotopic (exact) mass is 211 g/mol. The predicted molar refractivity (Wildman–Crippen MR) is 57.8 cm³/mol. The minimum Gasteiger partial charge on any atom is -0.348 e. The summed E-state index contributed by atoms with van der Waals surface area (Å²) in [6, 6.07) is 0. The highest BCUT2D eigenvalue weighted by Crippen LogP contribution is 2.39. The molecule has 1 N–H and O–H groups in total. The van der Waals surface area contributed by atoms with Crippen LogP contribution in [0.25, 0.3) is 0 Å². The minimum atomic E-state index is 0.0727. The molecule has 76 valence electrons. The Morgan fingerprint density at radius 2 is 2.21 bits per heavy atom. The summed E-state index contributed by atoms with van der Waals surface area (Å²) in [5.41, 5.74) is 2.21. The SMILES string of the molecule is Cc1cnc(NC2(CCl)CC2)nc1C. The number of halogens is 1. The molecule has 0 aliphatic heterocycles. The quantitative estimate of drug-likeness (QED) is 0.780. The fourth-order valence-electron chi connectivity index (χ4n) is 1.27. The van der Waals surface area contributed by atoms with E-state index in [1.54, 1.807) is 0 Å². The Labute approximate surface area is 88.9 Å². The molecule has 1 aliphatic carbocycles. The minimum absolute atomic E-state index is 0.0727. The maximum absolute atomic E-state index is 5.86. The Morgan fingerprint density at radius 3 is 2.71 bits per heavy atom. The second-order valence-electron chi connectivity index (χ2n) is 4.00. The van der Waals surface area contributed by atoms with Crippen molar-refractivity contribution < 1.29 is 0 Å². The summed E-state index contributed by atoms with van der Waals surface area (Å²) in [5, 5.41) is 3.29. The first kappa shape index (κ1) is 9.71. The number of hydrogen-bond donors (Lipinski definition) is 1. The largest absolute Gasteiger partial charge is 0.348 e. The van der Waals surface area contributed by atoms with Crippen molar-refractivity contribution in [2.75, 3.05) is 11.2 Å². The van der Waals surface area contributed by atoms with Crippen molar-refractivity contribution in [2.45, 2.75) is 32.2 Å². The zero-order valence-corrected chi connectivity index (χ0v) is 9.23. The summed E-state index contributed by atoms with van der Waals surface area (Å²) in [7, 11) is 0. The van der Waals surface area contributed by atoms with Crippen LogP contribution in [0.3, 0.4) is 0 Å². The molecule has 3 nitrogen and oxygen atoms in total. The summed E-state index contributed by atoms with van der Waals surface area (Å²) in [4.78, 5) is 8.60. The van der Waals surface area contributed by atoms with Crippen LogP contribution in [-0.4, -0.2) is 21.4 Å². The second kappa shape index (κ2) is 3.39. The lowest BCUT2D eigenvalue weighted by Gasteiger charge is -2.14. The van der Waals surface area contributed by atoms with Crippen molar-refractivity contribution in [1.29, 1.82) is 0 Å². The van der Waals surface area contributed by atoms with Crippen LogP contribution in [0.2, 0.25) is 0 Å². The van der Waals surface area contributed by atoms with Crippen molar-refractivity contribution in [3.8, 4) is 0 Å². The predicted octanol–water partition coefficient (Wildman–Crippen LogP) is 2.28. The third-order valence-electron chi connectivity index (χ3n) is 2.71. The lowest BCUT2D eigenvalue weighted by atomic mass is 10.3. The third-order valence-corrected chi connectivity index (χ3v) is 3.22. The average Bonchev–Trinajstić information content (AvgIpc) is 2.93. The normalized spacial score (nSPS) is 17.9. The fourth-order valence-corrected chi connectivity index (χ4v) is 1.60. The van der Waals surface area contributed by atoms with Gasteiger partial charge in [-0.25, -0.2) is 9.97 Å². The van der Waals surface area contributed by atoms with Crippen LogP contribution in [0, 0.1) is 13.8 Å². The van der Waals surface area contributed by atoms with Gasteiger partial charge in [0.2, 0.25) is 5.95 Å². The zero-order valence-electron chi connectivity index (χ0n) is 8.47. The highest BCUT2D eigenvalue weighted by molar-refractivity contribution is 6.19. The second-order valence-corrected chi connectivity index (χ2v) is 4.27. The lowest BCUT2D eigenvalue weighted by molar-refractivity contribution is 0.814. The van der Waals surface area contributed by atoms with Crippen LogP contribution >= 0.6 is 11.6 Å². The Bertz CT molecular complexity index is 347. The number of alkyl halides is 1. The van der Waals surface area contributed by atoms with Gasteiger partial charge >= 0.3 is 0 Å². The van der Waals surface area contributed by atoms with Crippen LogP contribution < -0.4 is 5.32 Å². The Balaban J connectivity index is 2.14. The fraction of sp³-hybridized carbons (Fsp3) is 0.600. The molecule has 0 spiro atoms. The van der Waals surface area contributed by atoms with E-state index in [-0.39, 0.29) is 5.54 Å². The van der Waals surface area contributed by atoms with Crippen LogP contribution in [0.5, 0.6) is 0 Å². The number of aromatic nitrogens is 2. The summed E-state index contributed by atoms with van der Waals surface area (Å²) in [6.07, 6.45) is 4.08. The average molecular weight is 212 g/mol. The molecular weight excluding hydrogens is 198 g/mol. The van der Waals surface area contributed by atoms with Crippen molar-refractivity contribution in [2.24, 2.45) is 0 Å². The molecule has 0 radical (unpaired) electrons.